The fourth-order valence-electron chi connectivity index (χ4n) is 5.84. The Kier molecular flexibility index (Phi) is 6.20. The molecule has 0 N–H and O–H groups in total. The smallest absolute Gasteiger partial charge is 0.129 e. The summed E-state index contributed by atoms with van der Waals surface area (Å²) in [4.78, 5) is 9.23. The zero-order valence-corrected chi connectivity index (χ0v) is 21.5. The van der Waals surface area contributed by atoms with Crippen LogP contribution < -0.4 is 9.64 Å². The van der Waals surface area contributed by atoms with Gasteiger partial charge in [-0.1, -0.05) is 65.8 Å². The summed E-state index contributed by atoms with van der Waals surface area (Å²) < 4.78 is 6.42. The second-order valence-corrected chi connectivity index (χ2v) is 11.3. The van der Waals surface area contributed by atoms with Crippen LogP contribution in [-0.4, -0.2) is 23.6 Å². The number of pyridine rings is 1. The normalized spacial score (nSPS) is 14.6. The third-order valence-electron chi connectivity index (χ3n) is 6.83. The Hall–Kier alpha value is -3.27. The molecule has 0 amide bonds. The van der Waals surface area contributed by atoms with Gasteiger partial charge in [-0.2, -0.15) is 0 Å². The molecule has 0 saturated heterocycles. The van der Waals surface area contributed by atoms with Crippen molar-refractivity contribution in [2.45, 2.75) is 47.0 Å². The van der Waals surface area contributed by atoms with Gasteiger partial charge in [0.25, 0.3) is 0 Å². The predicted octanol–water partition coefficient (Wildman–Crippen LogP) is 7.43. The van der Waals surface area contributed by atoms with Crippen molar-refractivity contribution in [1.29, 1.82) is 0 Å². The lowest BCUT2D eigenvalue weighted by Gasteiger charge is -2.54. The van der Waals surface area contributed by atoms with Gasteiger partial charge in [0.15, 0.2) is 0 Å². The van der Waals surface area contributed by atoms with Gasteiger partial charge in [-0.25, -0.2) is 0 Å². The van der Waals surface area contributed by atoms with Crippen LogP contribution >= 0.6 is 0 Å². The van der Waals surface area contributed by atoms with Gasteiger partial charge in [-0.15, -0.1) is 0 Å². The van der Waals surface area contributed by atoms with Crippen molar-refractivity contribution >= 4 is 5.69 Å². The molecule has 2 heterocycles. The summed E-state index contributed by atoms with van der Waals surface area (Å²) in [5.74, 6) is 1.66. The van der Waals surface area contributed by atoms with E-state index in [9.17, 15) is 0 Å². The molecule has 0 radical (unpaired) electrons. The molecule has 3 aromatic rings. The molecular weight excluding hydrogens is 418 g/mol. The van der Waals surface area contributed by atoms with E-state index in [4.69, 9.17) is 9.72 Å². The monoisotopic (exact) mass is 455 g/mol. The third-order valence-corrected chi connectivity index (χ3v) is 6.83. The van der Waals surface area contributed by atoms with E-state index in [0.29, 0.717) is 0 Å². The van der Waals surface area contributed by atoms with E-state index in [1.807, 2.05) is 30.5 Å². The van der Waals surface area contributed by atoms with Crippen LogP contribution in [0, 0.1) is 10.8 Å². The van der Waals surface area contributed by atoms with Crippen LogP contribution in [0.2, 0.25) is 0 Å². The Morgan fingerprint density at radius 2 is 1.44 bits per heavy atom. The minimum Gasteiger partial charge on any atom is -0.457 e. The molecule has 0 aliphatic carbocycles. The molecule has 0 bridgehead atoms. The molecule has 178 valence electrons. The van der Waals surface area contributed by atoms with Crippen LogP contribution in [0.15, 0.2) is 85.3 Å². The largest absolute Gasteiger partial charge is 0.457 e. The second kappa shape index (κ2) is 8.83. The van der Waals surface area contributed by atoms with Crippen molar-refractivity contribution in [2.24, 2.45) is 10.8 Å². The maximum Gasteiger partial charge on any atom is 0.129 e. The molecule has 4 nitrogen and oxygen atoms in total. The highest BCUT2D eigenvalue weighted by Gasteiger charge is 2.54. The zero-order valence-electron chi connectivity index (χ0n) is 21.5. The van der Waals surface area contributed by atoms with Crippen LogP contribution in [0.25, 0.3) is 0 Å². The molecule has 1 aromatic heterocycles. The summed E-state index contributed by atoms with van der Waals surface area (Å²) >= 11 is 0. The molecule has 0 fully saturated rings. The van der Waals surface area contributed by atoms with Gasteiger partial charge < -0.3 is 14.5 Å². The van der Waals surface area contributed by atoms with Crippen LogP contribution in [0.3, 0.4) is 0 Å². The van der Waals surface area contributed by atoms with Crippen LogP contribution in [0.5, 0.6) is 11.5 Å². The van der Waals surface area contributed by atoms with E-state index in [1.165, 1.54) is 5.56 Å². The van der Waals surface area contributed by atoms with Crippen LogP contribution in [0.1, 0.15) is 52.8 Å². The van der Waals surface area contributed by atoms with Gasteiger partial charge in [0.1, 0.15) is 11.5 Å². The Morgan fingerprint density at radius 1 is 0.765 bits per heavy atom. The molecule has 1 aliphatic heterocycles. The topological polar surface area (TPSA) is 28.6 Å². The Labute approximate surface area is 204 Å². The highest BCUT2D eigenvalue weighted by Crippen LogP contribution is 2.57. The second-order valence-electron chi connectivity index (χ2n) is 11.3. The lowest BCUT2D eigenvalue weighted by Crippen LogP contribution is -2.51. The number of anilines is 1. The predicted molar refractivity (Wildman–Crippen MR) is 141 cm³/mol. The zero-order chi connectivity index (χ0) is 24.6. The summed E-state index contributed by atoms with van der Waals surface area (Å²) in [5, 5.41) is 0. The molecule has 2 aromatic carbocycles. The van der Waals surface area contributed by atoms with Crippen molar-refractivity contribution in [3.05, 3.63) is 96.6 Å². The van der Waals surface area contributed by atoms with Crippen LogP contribution in [0.4, 0.5) is 5.69 Å². The third kappa shape index (κ3) is 4.29. The molecular formula is C30H37N3O. The van der Waals surface area contributed by atoms with E-state index in [2.05, 4.69) is 113 Å². The maximum atomic E-state index is 6.42. The maximum absolute atomic E-state index is 6.42. The first kappa shape index (κ1) is 23.9. The van der Waals surface area contributed by atoms with Crippen molar-refractivity contribution in [2.75, 3.05) is 18.6 Å². The Balaban J connectivity index is 1.75. The first-order chi connectivity index (χ1) is 16.0. The number of rotatable bonds is 5. The van der Waals surface area contributed by atoms with Gasteiger partial charge in [0, 0.05) is 42.8 Å². The summed E-state index contributed by atoms with van der Waals surface area (Å²) in [5.41, 5.74) is 2.90. The summed E-state index contributed by atoms with van der Waals surface area (Å²) in [6, 6.07) is 23.0. The van der Waals surface area contributed by atoms with Crippen molar-refractivity contribution in [3.63, 3.8) is 0 Å². The van der Waals surface area contributed by atoms with Gasteiger partial charge in [0.2, 0.25) is 0 Å². The minimum atomic E-state index is -0.326. The highest BCUT2D eigenvalue weighted by atomic mass is 16.5. The number of ether oxygens (including phenoxy) is 1. The van der Waals surface area contributed by atoms with E-state index in [1.54, 1.807) is 0 Å². The van der Waals surface area contributed by atoms with Gasteiger partial charge in [0.05, 0.1) is 12.4 Å². The van der Waals surface area contributed by atoms with Gasteiger partial charge in [-0.05, 0) is 52.8 Å². The lowest BCUT2D eigenvalue weighted by molar-refractivity contribution is 0.0863. The summed E-state index contributed by atoms with van der Waals surface area (Å²) in [6.45, 7) is 14.7. The highest BCUT2D eigenvalue weighted by molar-refractivity contribution is 5.54. The molecule has 4 rings (SSSR count). The lowest BCUT2D eigenvalue weighted by atomic mass is 9.49. The Morgan fingerprint density at radius 3 is 2.03 bits per heavy atom. The average Bonchev–Trinajstić information content (AvgIpc) is 3.20. The van der Waals surface area contributed by atoms with Crippen molar-refractivity contribution < 1.29 is 4.74 Å². The Bertz CT molecular complexity index is 1140. The molecule has 1 aliphatic rings. The number of aromatic nitrogens is 1. The quantitative estimate of drug-likeness (QED) is 0.400. The fourth-order valence-corrected chi connectivity index (χ4v) is 5.84. The standard InChI is InChI=1S/C30H37N3O/c1-28(2,3)30(29(4,5)6,27-16-8-9-17-31-27)23-12-10-14-25(20-23)34-26-15-11-13-24(21-26)33-19-18-32(7)22-33/h8-21H,22H2,1-7H3. The summed E-state index contributed by atoms with van der Waals surface area (Å²) in [6.07, 6.45) is 6.07. The molecule has 0 unspecified atom stereocenters. The van der Waals surface area contributed by atoms with Crippen molar-refractivity contribution in [3.8, 4) is 11.5 Å². The van der Waals surface area contributed by atoms with Gasteiger partial charge >= 0.3 is 0 Å². The summed E-state index contributed by atoms with van der Waals surface area (Å²) in [7, 11) is 2.07. The van der Waals surface area contributed by atoms with E-state index >= 15 is 0 Å². The van der Waals surface area contributed by atoms with Gasteiger partial charge in [-0.3, -0.25) is 4.98 Å². The molecule has 0 atom stereocenters. The van der Waals surface area contributed by atoms with E-state index in [0.717, 1.165) is 29.5 Å². The van der Waals surface area contributed by atoms with E-state index < -0.39 is 0 Å². The number of hydrogen-bond acceptors (Lipinski definition) is 4. The number of benzene rings is 2. The number of hydrogen-bond donors (Lipinski definition) is 0. The minimum absolute atomic E-state index is 0.0910. The first-order valence-corrected chi connectivity index (χ1v) is 12.0. The molecule has 4 heteroatoms. The first-order valence-electron chi connectivity index (χ1n) is 12.0. The van der Waals surface area contributed by atoms with Crippen molar-refractivity contribution in [1.82, 2.24) is 9.88 Å². The number of nitrogens with zero attached hydrogens (tertiary/aromatic N) is 3. The SMILES string of the molecule is CN1C=CN(c2cccc(Oc3cccc(C(c4ccccn4)(C(C)(C)C)C(C)(C)C)c3)c2)C1. The molecule has 0 spiro atoms. The molecule has 34 heavy (non-hydrogen) atoms. The van der Waals surface area contributed by atoms with E-state index in [-0.39, 0.29) is 16.2 Å². The fraction of sp³-hybridized carbons (Fsp3) is 0.367. The molecule has 0 saturated carbocycles. The van der Waals surface area contributed by atoms with Crippen LogP contribution in [-0.2, 0) is 5.41 Å². The average molecular weight is 456 g/mol.